The molecule has 1 aromatic rings. The standard InChI is InChI=1S/C16H29N/c1-5-15(4)12-16(9-8-14(2)3)13-17-10-6-7-11-17/h6-7,10-11,14-16H,5,8-9,12-13H2,1-4H3. The van der Waals surface area contributed by atoms with Crippen LogP contribution >= 0.6 is 0 Å². The molecule has 0 amide bonds. The van der Waals surface area contributed by atoms with E-state index in [4.69, 9.17) is 0 Å². The topological polar surface area (TPSA) is 4.93 Å². The van der Waals surface area contributed by atoms with Gasteiger partial charge in [0.25, 0.3) is 0 Å². The third kappa shape index (κ3) is 5.95. The van der Waals surface area contributed by atoms with Crippen LogP contribution in [0.4, 0.5) is 0 Å². The lowest BCUT2D eigenvalue weighted by atomic mass is 9.88. The van der Waals surface area contributed by atoms with E-state index in [9.17, 15) is 0 Å². The molecular weight excluding hydrogens is 206 g/mol. The van der Waals surface area contributed by atoms with Gasteiger partial charge in [-0.05, 0) is 42.7 Å². The Morgan fingerprint density at radius 1 is 1.00 bits per heavy atom. The van der Waals surface area contributed by atoms with Crippen LogP contribution in [0.15, 0.2) is 24.5 Å². The Balaban J connectivity index is 2.46. The summed E-state index contributed by atoms with van der Waals surface area (Å²) in [6.07, 6.45) is 9.81. The summed E-state index contributed by atoms with van der Waals surface area (Å²) in [5.41, 5.74) is 0. The van der Waals surface area contributed by atoms with Crippen molar-refractivity contribution < 1.29 is 0 Å². The minimum Gasteiger partial charge on any atom is -0.354 e. The molecule has 1 heterocycles. The molecule has 0 spiro atoms. The van der Waals surface area contributed by atoms with Gasteiger partial charge in [0.1, 0.15) is 0 Å². The highest BCUT2D eigenvalue weighted by atomic mass is 14.9. The second-order valence-corrected chi connectivity index (χ2v) is 5.97. The maximum atomic E-state index is 2.39. The molecule has 2 unspecified atom stereocenters. The van der Waals surface area contributed by atoms with Gasteiger partial charge >= 0.3 is 0 Å². The SMILES string of the molecule is CCC(C)CC(CCC(C)C)Cn1cccc1. The highest BCUT2D eigenvalue weighted by molar-refractivity contribution is 4.90. The quantitative estimate of drug-likeness (QED) is 0.599. The highest BCUT2D eigenvalue weighted by Gasteiger charge is 2.13. The molecule has 0 fully saturated rings. The van der Waals surface area contributed by atoms with Gasteiger partial charge in [0.2, 0.25) is 0 Å². The fourth-order valence-corrected chi connectivity index (χ4v) is 2.38. The van der Waals surface area contributed by atoms with Crippen molar-refractivity contribution in [1.82, 2.24) is 4.57 Å². The summed E-state index contributed by atoms with van der Waals surface area (Å²) in [5.74, 6) is 2.54. The summed E-state index contributed by atoms with van der Waals surface area (Å²) < 4.78 is 2.34. The lowest BCUT2D eigenvalue weighted by Gasteiger charge is -2.22. The second kappa shape index (κ2) is 7.58. The zero-order valence-corrected chi connectivity index (χ0v) is 12.0. The Labute approximate surface area is 107 Å². The number of hydrogen-bond donors (Lipinski definition) is 0. The van der Waals surface area contributed by atoms with E-state index in [1.807, 2.05) is 0 Å². The third-order valence-corrected chi connectivity index (χ3v) is 3.72. The first-order valence-electron chi connectivity index (χ1n) is 7.22. The number of hydrogen-bond acceptors (Lipinski definition) is 0. The Morgan fingerprint density at radius 3 is 2.18 bits per heavy atom. The van der Waals surface area contributed by atoms with Crippen LogP contribution in [-0.2, 0) is 6.54 Å². The average molecular weight is 235 g/mol. The molecule has 0 bridgehead atoms. The van der Waals surface area contributed by atoms with Gasteiger partial charge in [0, 0.05) is 18.9 Å². The summed E-state index contributed by atoms with van der Waals surface area (Å²) in [6.45, 7) is 10.5. The molecule has 1 heteroatoms. The van der Waals surface area contributed by atoms with Crippen LogP contribution in [0.3, 0.4) is 0 Å². The molecule has 2 atom stereocenters. The molecule has 1 rings (SSSR count). The third-order valence-electron chi connectivity index (χ3n) is 3.72. The molecule has 17 heavy (non-hydrogen) atoms. The first-order valence-corrected chi connectivity index (χ1v) is 7.22. The molecule has 0 aliphatic rings. The Bertz CT molecular complexity index is 274. The summed E-state index contributed by atoms with van der Waals surface area (Å²) in [6, 6.07) is 4.26. The van der Waals surface area contributed by atoms with Crippen molar-refractivity contribution in [3.8, 4) is 0 Å². The van der Waals surface area contributed by atoms with Crippen LogP contribution in [0.2, 0.25) is 0 Å². The van der Waals surface area contributed by atoms with E-state index >= 15 is 0 Å². The van der Waals surface area contributed by atoms with Crippen LogP contribution in [0.1, 0.15) is 53.4 Å². The summed E-state index contributed by atoms with van der Waals surface area (Å²) in [7, 11) is 0. The predicted octanol–water partition coefficient (Wildman–Crippen LogP) is 4.98. The van der Waals surface area contributed by atoms with Gasteiger partial charge in [-0.2, -0.15) is 0 Å². The normalized spacial score (nSPS) is 15.1. The van der Waals surface area contributed by atoms with E-state index in [1.165, 1.54) is 32.2 Å². The van der Waals surface area contributed by atoms with E-state index in [2.05, 4.69) is 56.8 Å². The zero-order chi connectivity index (χ0) is 12.7. The van der Waals surface area contributed by atoms with Gasteiger partial charge < -0.3 is 4.57 Å². The minimum atomic E-state index is 0.832. The van der Waals surface area contributed by atoms with Gasteiger partial charge in [-0.15, -0.1) is 0 Å². The average Bonchev–Trinajstić information content (AvgIpc) is 2.78. The molecule has 0 aliphatic carbocycles. The first-order chi connectivity index (χ1) is 8.11. The van der Waals surface area contributed by atoms with Gasteiger partial charge in [0.15, 0.2) is 0 Å². The maximum absolute atomic E-state index is 2.39. The van der Waals surface area contributed by atoms with Crippen LogP contribution in [0, 0.1) is 17.8 Å². The fraction of sp³-hybridized carbons (Fsp3) is 0.750. The summed E-state index contributed by atoms with van der Waals surface area (Å²) in [4.78, 5) is 0. The van der Waals surface area contributed by atoms with Crippen molar-refractivity contribution in [2.24, 2.45) is 17.8 Å². The van der Waals surface area contributed by atoms with Crippen molar-refractivity contribution in [3.63, 3.8) is 0 Å². The van der Waals surface area contributed by atoms with E-state index in [1.54, 1.807) is 0 Å². The van der Waals surface area contributed by atoms with Crippen LogP contribution in [0.25, 0.3) is 0 Å². The molecule has 0 aliphatic heterocycles. The smallest absolute Gasteiger partial charge is 0.0248 e. The zero-order valence-electron chi connectivity index (χ0n) is 12.0. The van der Waals surface area contributed by atoms with Crippen molar-refractivity contribution >= 4 is 0 Å². The number of rotatable bonds is 8. The van der Waals surface area contributed by atoms with Crippen LogP contribution in [-0.4, -0.2) is 4.57 Å². The van der Waals surface area contributed by atoms with Crippen LogP contribution in [0.5, 0.6) is 0 Å². The fourth-order valence-electron chi connectivity index (χ4n) is 2.38. The number of nitrogens with zero attached hydrogens (tertiary/aromatic N) is 1. The monoisotopic (exact) mass is 235 g/mol. The summed E-state index contributed by atoms with van der Waals surface area (Å²) >= 11 is 0. The van der Waals surface area contributed by atoms with Gasteiger partial charge in [-0.3, -0.25) is 0 Å². The van der Waals surface area contributed by atoms with E-state index in [-0.39, 0.29) is 0 Å². The summed E-state index contributed by atoms with van der Waals surface area (Å²) in [5, 5.41) is 0. The molecular formula is C16H29N. The molecule has 0 saturated heterocycles. The lowest BCUT2D eigenvalue weighted by molar-refractivity contribution is 0.306. The second-order valence-electron chi connectivity index (χ2n) is 5.97. The predicted molar refractivity (Wildman–Crippen MR) is 76.1 cm³/mol. The Kier molecular flexibility index (Phi) is 6.39. The lowest BCUT2D eigenvalue weighted by Crippen LogP contribution is -2.14. The molecule has 98 valence electrons. The molecule has 0 N–H and O–H groups in total. The van der Waals surface area contributed by atoms with Gasteiger partial charge in [-0.1, -0.05) is 40.5 Å². The molecule has 0 saturated carbocycles. The molecule has 1 nitrogen and oxygen atoms in total. The highest BCUT2D eigenvalue weighted by Crippen LogP contribution is 2.23. The van der Waals surface area contributed by atoms with Gasteiger partial charge in [-0.25, -0.2) is 0 Å². The molecule has 1 aromatic heterocycles. The maximum Gasteiger partial charge on any atom is 0.0248 e. The largest absolute Gasteiger partial charge is 0.354 e. The Hall–Kier alpha value is -0.720. The molecule has 0 radical (unpaired) electrons. The number of aromatic nitrogens is 1. The Morgan fingerprint density at radius 2 is 1.65 bits per heavy atom. The van der Waals surface area contributed by atoms with Crippen molar-refractivity contribution in [1.29, 1.82) is 0 Å². The van der Waals surface area contributed by atoms with Gasteiger partial charge in [0.05, 0.1) is 0 Å². The van der Waals surface area contributed by atoms with E-state index in [0.717, 1.165) is 17.8 Å². The van der Waals surface area contributed by atoms with Crippen molar-refractivity contribution in [2.75, 3.05) is 0 Å². The van der Waals surface area contributed by atoms with E-state index in [0.29, 0.717) is 0 Å². The van der Waals surface area contributed by atoms with E-state index < -0.39 is 0 Å². The first kappa shape index (κ1) is 14.3. The van der Waals surface area contributed by atoms with Crippen molar-refractivity contribution in [3.05, 3.63) is 24.5 Å². The van der Waals surface area contributed by atoms with Crippen molar-refractivity contribution in [2.45, 2.75) is 59.9 Å². The molecule has 0 aromatic carbocycles. The van der Waals surface area contributed by atoms with Crippen LogP contribution < -0.4 is 0 Å². The minimum absolute atomic E-state index is 0.832.